The van der Waals surface area contributed by atoms with Gasteiger partial charge in [0.05, 0.1) is 6.54 Å². The summed E-state index contributed by atoms with van der Waals surface area (Å²) in [6, 6.07) is 13.0. The number of nitrogens with one attached hydrogen (secondary N) is 3. The van der Waals surface area contributed by atoms with Crippen molar-refractivity contribution in [2.24, 2.45) is 5.92 Å². The van der Waals surface area contributed by atoms with Crippen LogP contribution in [0.5, 0.6) is 5.75 Å². The molecule has 0 bridgehead atoms. The number of fused-ring (bicyclic) bond motifs is 1. The predicted octanol–water partition coefficient (Wildman–Crippen LogP) is 3.71. The maximum atomic E-state index is 12.3. The third-order valence-electron chi connectivity index (χ3n) is 4.48. The van der Waals surface area contributed by atoms with Gasteiger partial charge in [0.15, 0.2) is 0 Å². The van der Waals surface area contributed by atoms with Gasteiger partial charge in [-0.25, -0.2) is 4.79 Å². The summed E-state index contributed by atoms with van der Waals surface area (Å²) in [7, 11) is 0. The van der Waals surface area contributed by atoms with Gasteiger partial charge >= 0.3 is 6.03 Å². The van der Waals surface area contributed by atoms with Crippen molar-refractivity contribution in [3.8, 4) is 5.75 Å². The molecular weight excluding hydrogens is 342 g/mol. The second-order valence-electron chi connectivity index (χ2n) is 7.06. The number of urea groups is 1. The van der Waals surface area contributed by atoms with Crippen LogP contribution in [-0.4, -0.2) is 24.6 Å². The van der Waals surface area contributed by atoms with Crippen molar-refractivity contribution in [1.82, 2.24) is 5.32 Å². The molecule has 0 spiro atoms. The van der Waals surface area contributed by atoms with E-state index in [1.807, 2.05) is 57.2 Å². The van der Waals surface area contributed by atoms with Gasteiger partial charge in [0.1, 0.15) is 11.9 Å². The molecule has 3 N–H and O–H groups in total. The fourth-order valence-corrected chi connectivity index (χ4v) is 2.86. The number of rotatable bonds is 5. The molecule has 1 aliphatic rings. The van der Waals surface area contributed by atoms with Crippen molar-refractivity contribution in [3.63, 3.8) is 0 Å². The highest BCUT2D eigenvalue weighted by Gasteiger charge is 2.22. The second kappa shape index (κ2) is 8.12. The molecule has 3 amide bonds. The van der Waals surface area contributed by atoms with Gasteiger partial charge in [-0.1, -0.05) is 38.1 Å². The van der Waals surface area contributed by atoms with Crippen molar-refractivity contribution < 1.29 is 14.3 Å². The molecule has 2 aromatic carbocycles. The Morgan fingerprint density at radius 2 is 1.93 bits per heavy atom. The zero-order chi connectivity index (χ0) is 19.4. The maximum Gasteiger partial charge on any atom is 0.319 e. The van der Waals surface area contributed by atoms with E-state index in [1.165, 1.54) is 0 Å². The van der Waals surface area contributed by atoms with Crippen molar-refractivity contribution in [2.45, 2.75) is 33.3 Å². The molecule has 1 aliphatic heterocycles. The summed E-state index contributed by atoms with van der Waals surface area (Å²) in [5.41, 5.74) is 3.39. The first-order valence-corrected chi connectivity index (χ1v) is 9.13. The minimum absolute atomic E-state index is 0.0628. The van der Waals surface area contributed by atoms with E-state index in [2.05, 4.69) is 16.0 Å². The first-order chi connectivity index (χ1) is 12.9. The fourth-order valence-electron chi connectivity index (χ4n) is 2.86. The molecule has 1 heterocycles. The SMILES string of the molecule is Cc1ccc(NC(=O)C(C)C)cc1NC(=O)NCC1Cc2ccccc2O1. The summed E-state index contributed by atoms with van der Waals surface area (Å²) in [4.78, 5) is 24.1. The van der Waals surface area contributed by atoms with E-state index in [1.54, 1.807) is 6.07 Å². The van der Waals surface area contributed by atoms with Crippen LogP contribution < -0.4 is 20.7 Å². The molecule has 142 valence electrons. The Hall–Kier alpha value is -3.02. The molecule has 1 atom stereocenters. The van der Waals surface area contributed by atoms with Gasteiger partial charge in [0.2, 0.25) is 5.91 Å². The number of carbonyl (C=O) groups is 2. The molecule has 0 aromatic heterocycles. The highest BCUT2D eigenvalue weighted by atomic mass is 16.5. The number of hydrogen-bond donors (Lipinski definition) is 3. The summed E-state index contributed by atoms with van der Waals surface area (Å²) in [6.07, 6.45) is 0.720. The van der Waals surface area contributed by atoms with Crippen LogP contribution in [0, 0.1) is 12.8 Å². The summed E-state index contributed by atoms with van der Waals surface area (Å²) in [6.45, 7) is 5.99. The van der Waals surface area contributed by atoms with Crippen LogP contribution in [0.3, 0.4) is 0 Å². The van der Waals surface area contributed by atoms with Crippen LogP contribution >= 0.6 is 0 Å². The number of carbonyl (C=O) groups excluding carboxylic acids is 2. The largest absolute Gasteiger partial charge is 0.488 e. The minimum atomic E-state index is -0.301. The fraction of sp³-hybridized carbons (Fsp3) is 0.333. The van der Waals surface area contributed by atoms with Gasteiger partial charge in [-0.3, -0.25) is 4.79 Å². The molecular formula is C21H25N3O3. The van der Waals surface area contributed by atoms with Gasteiger partial charge in [-0.2, -0.15) is 0 Å². The van der Waals surface area contributed by atoms with Crippen molar-refractivity contribution in [1.29, 1.82) is 0 Å². The van der Waals surface area contributed by atoms with Crippen LogP contribution in [0.4, 0.5) is 16.2 Å². The quantitative estimate of drug-likeness (QED) is 0.754. The first kappa shape index (κ1) is 18.8. The number of benzene rings is 2. The standard InChI is InChI=1S/C21H25N3O3/c1-13(2)20(25)23-16-9-8-14(3)18(11-16)24-21(26)22-12-17-10-15-6-4-5-7-19(15)27-17/h4-9,11,13,17H,10,12H2,1-3H3,(H,23,25)(H2,22,24,26). The summed E-state index contributed by atoms with van der Waals surface area (Å²) in [5, 5.41) is 8.53. The first-order valence-electron chi connectivity index (χ1n) is 9.13. The Morgan fingerprint density at radius 3 is 2.67 bits per heavy atom. The lowest BCUT2D eigenvalue weighted by Crippen LogP contribution is -2.37. The van der Waals surface area contributed by atoms with E-state index in [0.29, 0.717) is 17.9 Å². The van der Waals surface area contributed by atoms with Gasteiger partial charge in [0, 0.05) is 23.7 Å². The lowest BCUT2D eigenvalue weighted by atomic mass is 10.1. The number of hydrogen-bond acceptors (Lipinski definition) is 3. The zero-order valence-electron chi connectivity index (χ0n) is 15.8. The average Bonchev–Trinajstić information content (AvgIpc) is 3.05. The third-order valence-corrected chi connectivity index (χ3v) is 4.48. The van der Waals surface area contributed by atoms with E-state index >= 15 is 0 Å². The smallest absolute Gasteiger partial charge is 0.319 e. The Bertz CT molecular complexity index is 823. The molecule has 1 unspecified atom stereocenters. The van der Waals surface area contributed by atoms with Crippen LogP contribution in [0.1, 0.15) is 25.0 Å². The van der Waals surface area contributed by atoms with Gasteiger partial charge in [-0.15, -0.1) is 0 Å². The van der Waals surface area contributed by atoms with Crippen molar-refractivity contribution in [3.05, 3.63) is 53.6 Å². The molecule has 3 rings (SSSR count). The van der Waals surface area contributed by atoms with Crippen LogP contribution in [0.25, 0.3) is 0 Å². The highest BCUT2D eigenvalue weighted by molar-refractivity contribution is 5.94. The lowest BCUT2D eigenvalue weighted by Gasteiger charge is -2.15. The second-order valence-corrected chi connectivity index (χ2v) is 7.06. The Labute approximate surface area is 159 Å². The summed E-state index contributed by atoms with van der Waals surface area (Å²) >= 11 is 0. The number of aryl methyl sites for hydroxylation is 1. The Kier molecular flexibility index (Phi) is 5.64. The number of anilines is 2. The van der Waals surface area contributed by atoms with Crippen molar-refractivity contribution >= 4 is 23.3 Å². The van der Waals surface area contributed by atoms with E-state index in [9.17, 15) is 9.59 Å². The average molecular weight is 367 g/mol. The minimum Gasteiger partial charge on any atom is -0.488 e. The van der Waals surface area contributed by atoms with E-state index < -0.39 is 0 Å². The lowest BCUT2D eigenvalue weighted by molar-refractivity contribution is -0.118. The van der Waals surface area contributed by atoms with Crippen LogP contribution in [0.2, 0.25) is 0 Å². The Balaban J connectivity index is 1.54. The number of amides is 3. The van der Waals surface area contributed by atoms with Gasteiger partial charge < -0.3 is 20.7 Å². The molecule has 0 aliphatic carbocycles. The molecule has 2 aromatic rings. The molecule has 27 heavy (non-hydrogen) atoms. The molecule has 6 nitrogen and oxygen atoms in total. The highest BCUT2D eigenvalue weighted by Crippen LogP contribution is 2.27. The van der Waals surface area contributed by atoms with E-state index in [-0.39, 0.29) is 24.0 Å². The third kappa shape index (κ3) is 4.78. The Morgan fingerprint density at radius 1 is 1.15 bits per heavy atom. The maximum absolute atomic E-state index is 12.3. The zero-order valence-corrected chi connectivity index (χ0v) is 15.8. The predicted molar refractivity (Wildman–Crippen MR) is 106 cm³/mol. The van der Waals surface area contributed by atoms with Crippen molar-refractivity contribution in [2.75, 3.05) is 17.2 Å². The normalized spacial score (nSPS) is 15.0. The van der Waals surface area contributed by atoms with Gasteiger partial charge in [0.25, 0.3) is 0 Å². The molecule has 6 heteroatoms. The van der Waals surface area contributed by atoms with Crippen LogP contribution in [-0.2, 0) is 11.2 Å². The monoisotopic (exact) mass is 367 g/mol. The summed E-state index contributed by atoms with van der Waals surface area (Å²) < 4.78 is 5.83. The number of ether oxygens (including phenoxy) is 1. The topological polar surface area (TPSA) is 79.5 Å². The van der Waals surface area contributed by atoms with Gasteiger partial charge in [-0.05, 0) is 36.2 Å². The molecule has 0 saturated heterocycles. The summed E-state index contributed by atoms with van der Waals surface area (Å²) in [5.74, 6) is 0.711. The van der Waals surface area contributed by atoms with E-state index in [0.717, 1.165) is 23.3 Å². The molecule has 0 fully saturated rings. The number of para-hydroxylation sites is 1. The van der Waals surface area contributed by atoms with E-state index in [4.69, 9.17) is 4.74 Å². The molecule has 0 radical (unpaired) electrons. The van der Waals surface area contributed by atoms with Crippen LogP contribution in [0.15, 0.2) is 42.5 Å². The molecule has 0 saturated carbocycles.